The van der Waals surface area contributed by atoms with E-state index in [1.165, 1.54) is 17.0 Å². The molecule has 0 bridgehead atoms. The van der Waals surface area contributed by atoms with E-state index in [1.54, 1.807) is 11.3 Å². The Balaban J connectivity index is 1.35. The van der Waals surface area contributed by atoms with Crippen molar-refractivity contribution in [2.24, 2.45) is 0 Å². The van der Waals surface area contributed by atoms with Crippen molar-refractivity contribution in [3.05, 3.63) is 69.4 Å². The highest BCUT2D eigenvalue weighted by molar-refractivity contribution is 7.10. The van der Waals surface area contributed by atoms with Gasteiger partial charge in [0.15, 0.2) is 5.78 Å². The van der Waals surface area contributed by atoms with E-state index in [9.17, 15) is 9.18 Å². The fourth-order valence-electron chi connectivity index (χ4n) is 4.44. The Morgan fingerprint density at radius 2 is 1.73 bits per heavy atom. The maximum absolute atomic E-state index is 13.2. The van der Waals surface area contributed by atoms with E-state index < -0.39 is 0 Å². The van der Waals surface area contributed by atoms with Crippen molar-refractivity contribution in [3.8, 4) is 0 Å². The number of fused-ring (bicyclic) bond motifs is 1. The van der Waals surface area contributed by atoms with Crippen LogP contribution < -0.4 is 9.80 Å². The van der Waals surface area contributed by atoms with Crippen molar-refractivity contribution in [1.82, 2.24) is 9.97 Å². The largest absolute Gasteiger partial charge is 0.368 e. The van der Waals surface area contributed by atoms with Gasteiger partial charge in [-0.25, -0.2) is 14.4 Å². The standard InChI is InChI=1S/C23H23FN4OS/c1-15-22-19(13-16(14-20(22)29)21-3-2-12-30-21)26-23(25-15)28-10-8-27(9-11-28)18-6-4-17(24)5-7-18/h2-7,12,16H,8-11,13-14H2,1H3/t16-/m0/s1. The molecule has 0 spiro atoms. The number of hydrogen-bond acceptors (Lipinski definition) is 6. The third-order valence-electron chi connectivity index (χ3n) is 6.00. The summed E-state index contributed by atoms with van der Waals surface area (Å²) in [6.45, 7) is 5.14. The second kappa shape index (κ2) is 7.80. The SMILES string of the molecule is Cc1nc(N2CCN(c3ccc(F)cc3)CC2)nc2c1C(=O)C[C@@H](c1cccs1)C2. The van der Waals surface area contributed by atoms with Gasteiger partial charge in [0.05, 0.1) is 17.0 Å². The van der Waals surface area contributed by atoms with Gasteiger partial charge in [-0.3, -0.25) is 4.79 Å². The van der Waals surface area contributed by atoms with Crippen LogP contribution in [0.2, 0.25) is 0 Å². The molecule has 5 rings (SSSR count). The molecule has 30 heavy (non-hydrogen) atoms. The van der Waals surface area contributed by atoms with Crippen molar-refractivity contribution in [1.29, 1.82) is 0 Å². The van der Waals surface area contributed by atoms with Crippen molar-refractivity contribution < 1.29 is 9.18 Å². The first kappa shape index (κ1) is 19.2. The van der Waals surface area contributed by atoms with Crippen LogP contribution in [-0.4, -0.2) is 41.9 Å². The summed E-state index contributed by atoms with van der Waals surface area (Å²) < 4.78 is 13.2. The third kappa shape index (κ3) is 3.58. The molecular formula is C23H23FN4OS. The summed E-state index contributed by atoms with van der Waals surface area (Å²) in [5.41, 5.74) is 3.41. The number of hydrogen-bond donors (Lipinski definition) is 0. The van der Waals surface area contributed by atoms with Gasteiger partial charge in [-0.15, -0.1) is 11.3 Å². The minimum Gasteiger partial charge on any atom is -0.368 e. The van der Waals surface area contributed by atoms with E-state index in [-0.39, 0.29) is 17.5 Å². The topological polar surface area (TPSA) is 49.3 Å². The molecule has 0 amide bonds. The lowest BCUT2D eigenvalue weighted by Crippen LogP contribution is -2.47. The Morgan fingerprint density at radius 3 is 2.43 bits per heavy atom. The van der Waals surface area contributed by atoms with E-state index >= 15 is 0 Å². The number of benzene rings is 1. The average Bonchev–Trinajstić information content (AvgIpc) is 3.29. The zero-order chi connectivity index (χ0) is 20.7. The Hall–Kier alpha value is -2.80. The summed E-state index contributed by atoms with van der Waals surface area (Å²) in [6.07, 6.45) is 1.32. The molecule has 3 aromatic rings. The van der Waals surface area contributed by atoms with Crippen molar-refractivity contribution in [2.45, 2.75) is 25.7 Å². The quantitative estimate of drug-likeness (QED) is 0.632. The molecule has 1 saturated heterocycles. The normalized spacial score (nSPS) is 19.1. The Labute approximate surface area is 179 Å². The number of thiophene rings is 1. The van der Waals surface area contributed by atoms with Gasteiger partial charge >= 0.3 is 0 Å². The summed E-state index contributed by atoms with van der Waals surface area (Å²) in [7, 11) is 0. The smallest absolute Gasteiger partial charge is 0.225 e. The summed E-state index contributed by atoms with van der Waals surface area (Å²) in [4.78, 5) is 28.0. The summed E-state index contributed by atoms with van der Waals surface area (Å²) in [6, 6.07) is 10.8. The number of aryl methyl sites for hydroxylation is 1. The molecule has 7 heteroatoms. The molecule has 1 aliphatic carbocycles. The monoisotopic (exact) mass is 422 g/mol. The van der Waals surface area contributed by atoms with Crippen LogP contribution in [0, 0.1) is 12.7 Å². The molecule has 0 radical (unpaired) electrons. The number of anilines is 2. The second-order valence-electron chi connectivity index (χ2n) is 7.92. The van der Waals surface area contributed by atoms with E-state index in [0.717, 1.165) is 55.2 Å². The van der Waals surface area contributed by atoms with Gasteiger partial charge in [-0.2, -0.15) is 0 Å². The van der Waals surface area contributed by atoms with Crippen molar-refractivity contribution in [3.63, 3.8) is 0 Å². The lowest BCUT2D eigenvalue weighted by Gasteiger charge is -2.36. The first-order valence-electron chi connectivity index (χ1n) is 10.3. The summed E-state index contributed by atoms with van der Waals surface area (Å²) in [5, 5.41) is 2.06. The molecule has 2 aliphatic rings. The number of rotatable bonds is 3. The van der Waals surface area contributed by atoms with Crippen LogP contribution in [0.25, 0.3) is 0 Å². The van der Waals surface area contributed by atoms with Crippen LogP contribution in [0.3, 0.4) is 0 Å². The maximum atomic E-state index is 13.2. The average molecular weight is 423 g/mol. The number of aromatic nitrogens is 2. The lowest BCUT2D eigenvalue weighted by molar-refractivity contribution is 0.0962. The van der Waals surface area contributed by atoms with Gasteiger partial charge in [0.1, 0.15) is 5.82 Å². The second-order valence-corrected chi connectivity index (χ2v) is 8.90. The van der Waals surface area contributed by atoms with Gasteiger partial charge in [0, 0.05) is 49.1 Å². The number of halogens is 1. The number of ketones is 1. The van der Waals surface area contributed by atoms with Crippen LogP contribution in [0.5, 0.6) is 0 Å². The number of carbonyl (C=O) groups is 1. The predicted octanol–water partition coefficient (Wildman–Crippen LogP) is 4.22. The molecule has 1 atom stereocenters. The zero-order valence-electron chi connectivity index (χ0n) is 16.8. The number of Topliss-reactive ketones (excluding diaryl/α,β-unsaturated/α-hetero) is 1. The Kier molecular flexibility index (Phi) is 4.98. The molecule has 1 fully saturated rings. The molecule has 154 valence electrons. The predicted molar refractivity (Wildman–Crippen MR) is 117 cm³/mol. The van der Waals surface area contributed by atoms with Crippen LogP contribution in [-0.2, 0) is 6.42 Å². The molecule has 0 saturated carbocycles. The van der Waals surface area contributed by atoms with Crippen molar-refractivity contribution >= 4 is 28.8 Å². The minimum absolute atomic E-state index is 0.153. The van der Waals surface area contributed by atoms with E-state index in [0.29, 0.717) is 12.4 Å². The summed E-state index contributed by atoms with van der Waals surface area (Å²) >= 11 is 1.71. The third-order valence-corrected chi connectivity index (χ3v) is 7.04. The number of carbonyl (C=O) groups excluding carboxylic acids is 1. The molecule has 2 aromatic heterocycles. The molecule has 0 unspecified atom stereocenters. The van der Waals surface area contributed by atoms with Gasteiger partial charge in [0.25, 0.3) is 0 Å². The van der Waals surface area contributed by atoms with Crippen molar-refractivity contribution in [2.75, 3.05) is 36.0 Å². The van der Waals surface area contributed by atoms with Gasteiger partial charge in [-0.1, -0.05) is 6.07 Å². The van der Waals surface area contributed by atoms with E-state index in [2.05, 4.69) is 26.2 Å². The van der Waals surface area contributed by atoms with E-state index in [1.807, 2.05) is 25.1 Å². The zero-order valence-corrected chi connectivity index (χ0v) is 17.7. The molecule has 0 N–H and O–H groups in total. The molecule has 5 nitrogen and oxygen atoms in total. The molecule has 3 heterocycles. The van der Waals surface area contributed by atoms with Crippen LogP contribution in [0.15, 0.2) is 41.8 Å². The van der Waals surface area contributed by atoms with Gasteiger partial charge < -0.3 is 9.80 Å². The molecule has 1 aliphatic heterocycles. The van der Waals surface area contributed by atoms with Crippen LogP contribution in [0.1, 0.15) is 39.0 Å². The lowest BCUT2D eigenvalue weighted by atomic mass is 9.84. The Morgan fingerprint density at radius 1 is 1.00 bits per heavy atom. The minimum atomic E-state index is -0.217. The van der Waals surface area contributed by atoms with E-state index in [4.69, 9.17) is 4.98 Å². The fourth-order valence-corrected chi connectivity index (χ4v) is 5.27. The number of nitrogens with zero attached hydrogens (tertiary/aromatic N) is 4. The van der Waals surface area contributed by atoms with Crippen LogP contribution >= 0.6 is 11.3 Å². The highest BCUT2D eigenvalue weighted by atomic mass is 32.1. The first-order valence-corrected chi connectivity index (χ1v) is 11.2. The first-order chi connectivity index (χ1) is 14.6. The fraction of sp³-hybridized carbons (Fsp3) is 0.348. The highest BCUT2D eigenvalue weighted by Gasteiger charge is 2.31. The number of piperazine rings is 1. The van der Waals surface area contributed by atoms with Gasteiger partial charge in [-0.05, 0) is 49.1 Å². The molecule has 1 aromatic carbocycles. The highest BCUT2D eigenvalue weighted by Crippen LogP contribution is 2.35. The summed E-state index contributed by atoms with van der Waals surface area (Å²) in [5.74, 6) is 0.859. The maximum Gasteiger partial charge on any atom is 0.225 e. The molecular weight excluding hydrogens is 399 g/mol. The van der Waals surface area contributed by atoms with Crippen LogP contribution in [0.4, 0.5) is 16.0 Å². The Bertz CT molecular complexity index is 1060. The van der Waals surface area contributed by atoms with Gasteiger partial charge in [0.2, 0.25) is 5.95 Å².